The minimum absolute atomic E-state index is 0.0190. The summed E-state index contributed by atoms with van der Waals surface area (Å²) in [4.78, 5) is 31.5. The normalized spacial score (nSPS) is 13.6. The van der Waals surface area contributed by atoms with E-state index in [0.29, 0.717) is 35.1 Å². The van der Waals surface area contributed by atoms with Gasteiger partial charge < -0.3 is 19.9 Å². The highest BCUT2D eigenvalue weighted by atomic mass is 35.5. The van der Waals surface area contributed by atoms with Gasteiger partial charge in [0.1, 0.15) is 11.5 Å². The van der Waals surface area contributed by atoms with Gasteiger partial charge in [0, 0.05) is 48.7 Å². The zero-order valence-electron chi connectivity index (χ0n) is 15.6. The summed E-state index contributed by atoms with van der Waals surface area (Å²) >= 11 is 5.81. The van der Waals surface area contributed by atoms with Crippen LogP contribution in [0.4, 0.5) is 4.39 Å². The average Bonchev–Trinajstić information content (AvgIpc) is 3.30. The van der Waals surface area contributed by atoms with E-state index >= 15 is 0 Å². The van der Waals surface area contributed by atoms with E-state index in [1.165, 1.54) is 17.0 Å². The number of likely N-dealkylation sites (N-methyl/N-ethyl adjacent to an activating group) is 1. The molecule has 1 aromatic carbocycles. The summed E-state index contributed by atoms with van der Waals surface area (Å²) in [5.74, 6) is -1.12. The van der Waals surface area contributed by atoms with Crippen LogP contribution in [0.5, 0.6) is 0 Å². The Hall–Kier alpha value is -2.91. The molecule has 0 spiro atoms. The number of aromatic amines is 2. The molecule has 0 atom stereocenters. The number of carbonyl (C=O) groups excluding carboxylic acids is 2. The van der Waals surface area contributed by atoms with Gasteiger partial charge in [-0.3, -0.25) is 14.7 Å². The van der Waals surface area contributed by atoms with Crippen LogP contribution in [-0.4, -0.2) is 68.6 Å². The third-order valence-corrected chi connectivity index (χ3v) is 5.39. The summed E-state index contributed by atoms with van der Waals surface area (Å²) in [6, 6.07) is 4.31. The number of amides is 2. The zero-order valence-corrected chi connectivity index (χ0v) is 16.4. The van der Waals surface area contributed by atoms with Gasteiger partial charge in [0.25, 0.3) is 11.8 Å². The van der Waals surface area contributed by atoms with Gasteiger partial charge in [0.05, 0.1) is 18.2 Å². The Bertz CT molecular complexity index is 1070. The topological polar surface area (TPSA) is 105 Å². The number of halogens is 2. The number of aliphatic hydroxyl groups is 1. The number of carbonyl (C=O) groups is 2. The largest absolute Gasteiger partial charge is 0.395 e. The van der Waals surface area contributed by atoms with Gasteiger partial charge in [-0.25, -0.2) is 4.39 Å². The maximum Gasteiger partial charge on any atom is 0.274 e. The second-order valence-corrected chi connectivity index (χ2v) is 7.40. The number of rotatable bonds is 4. The molecule has 0 saturated carbocycles. The molecule has 0 aliphatic carbocycles. The number of H-pyrrole nitrogens is 2. The number of aromatic nitrogens is 3. The van der Waals surface area contributed by atoms with Crippen LogP contribution >= 0.6 is 11.6 Å². The monoisotopic (exact) mass is 419 g/mol. The molecule has 3 heterocycles. The Morgan fingerprint density at radius 2 is 2.17 bits per heavy atom. The maximum absolute atomic E-state index is 13.7. The molecule has 2 aromatic heterocycles. The fourth-order valence-electron chi connectivity index (χ4n) is 3.49. The van der Waals surface area contributed by atoms with Crippen molar-refractivity contribution in [1.29, 1.82) is 0 Å². The van der Waals surface area contributed by atoms with E-state index < -0.39 is 5.82 Å². The van der Waals surface area contributed by atoms with Gasteiger partial charge in [0.2, 0.25) is 0 Å². The highest BCUT2D eigenvalue weighted by Crippen LogP contribution is 2.26. The van der Waals surface area contributed by atoms with Gasteiger partial charge in [-0.15, -0.1) is 0 Å². The van der Waals surface area contributed by atoms with Crippen molar-refractivity contribution in [2.75, 3.05) is 26.7 Å². The molecule has 3 aromatic rings. The predicted octanol–water partition coefficient (Wildman–Crippen LogP) is 1.95. The van der Waals surface area contributed by atoms with E-state index in [-0.39, 0.29) is 42.2 Å². The van der Waals surface area contributed by atoms with E-state index in [4.69, 9.17) is 16.7 Å². The standard InChI is InChI=1S/C19H19ClFN5O3/c1-25(4-5-27)19(29)17-11-9-26(3-2-14(11)23-24-17)18(28)16-7-10-6-13(21)12(20)8-15(10)22-16/h6-8,22,27H,2-5,9H2,1H3,(H,23,24). The molecule has 2 amide bonds. The van der Waals surface area contributed by atoms with Gasteiger partial charge in [0.15, 0.2) is 5.69 Å². The van der Waals surface area contributed by atoms with Crippen LogP contribution in [0.2, 0.25) is 5.02 Å². The van der Waals surface area contributed by atoms with E-state index in [0.717, 1.165) is 5.69 Å². The fraction of sp³-hybridized carbons (Fsp3) is 0.316. The summed E-state index contributed by atoms with van der Waals surface area (Å²) < 4.78 is 13.7. The summed E-state index contributed by atoms with van der Waals surface area (Å²) in [5, 5.41) is 16.6. The van der Waals surface area contributed by atoms with Crippen molar-refractivity contribution in [2.45, 2.75) is 13.0 Å². The third kappa shape index (κ3) is 3.47. The lowest BCUT2D eigenvalue weighted by Gasteiger charge is -2.27. The number of hydrogen-bond donors (Lipinski definition) is 3. The first-order chi connectivity index (χ1) is 13.9. The molecule has 152 valence electrons. The molecule has 3 N–H and O–H groups in total. The van der Waals surface area contributed by atoms with E-state index in [1.54, 1.807) is 18.0 Å². The van der Waals surface area contributed by atoms with E-state index in [1.807, 2.05) is 0 Å². The van der Waals surface area contributed by atoms with Gasteiger partial charge in [-0.2, -0.15) is 5.10 Å². The SMILES string of the molecule is CN(CCO)C(=O)c1n[nH]c2c1CN(C(=O)c1cc3cc(F)c(Cl)cc3[nH]1)CC2. The zero-order chi connectivity index (χ0) is 20.7. The molecule has 8 nitrogen and oxygen atoms in total. The van der Waals surface area contributed by atoms with Crippen LogP contribution in [-0.2, 0) is 13.0 Å². The molecular weight excluding hydrogens is 401 g/mol. The molecule has 29 heavy (non-hydrogen) atoms. The Morgan fingerprint density at radius 1 is 1.38 bits per heavy atom. The lowest BCUT2D eigenvalue weighted by molar-refractivity contribution is 0.0714. The molecule has 10 heteroatoms. The van der Waals surface area contributed by atoms with Crippen molar-refractivity contribution in [2.24, 2.45) is 0 Å². The first-order valence-electron chi connectivity index (χ1n) is 9.08. The number of nitrogens with zero attached hydrogens (tertiary/aromatic N) is 3. The van der Waals surface area contributed by atoms with E-state index in [9.17, 15) is 14.0 Å². The van der Waals surface area contributed by atoms with Gasteiger partial charge in [-0.1, -0.05) is 11.6 Å². The van der Waals surface area contributed by atoms with Crippen molar-refractivity contribution in [3.8, 4) is 0 Å². The summed E-state index contributed by atoms with van der Waals surface area (Å²) in [6.07, 6.45) is 0.533. The fourth-order valence-corrected chi connectivity index (χ4v) is 3.65. The van der Waals surface area contributed by atoms with Crippen molar-refractivity contribution >= 4 is 34.3 Å². The molecule has 1 aliphatic heterocycles. The van der Waals surface area contributed by atoms with Crippen LogP contribution < -0.4 is 0 Å². The maximum atomic E-state index is 13.7. The number of hydrogen-bond acceptors (Lipinski definition) is 4. The van der Waals surface area contributed by atoms with Crippen LogP contribution in [0.25, 0.3) is 10.9 Å². The Balaban J connectivity index is 1.59. The predicted molar refractivity (Wildman–Crippen MR) is 104 cm³/mol. The minimum atomic E-state index is -0.548. The second-order valence-electron chi connectivity index (χ2n) is 6.99. The summed E-state index contributed by atoms with van der Waals surface area (Å²) in [6.45, 7) is 0.726. The van der Waals surface area contributed by atoms with Crippen LogP contribution in [0.1, 0.15) is 32.2 Å². The molecule has 4 rings (SSSR count). The molecule has 0 fully saturated rings. The Labute approximate surface area is 170 Å². The number of nitrogens with one attached hydrogen (secondary N) is 2. The highest BCUT2D eigenvalue weighted by molar-refractivity contribution is 6.31. The van der Waals surface area contributed by atoms with Crippen molar-refractivity contribution in [3.63, 3.8) is 0 Å². The van der Waals surface area contributed by atoms with Crippen molar-refractivity contribution < 1.29 is 19.1 Å². The first-order valence-corrected chi connectivity index (χ1v) is 9.46. The summed E-state index contributed by atoms with van der Waals surface area (Å²) in [7, 11) is 1.58. The Morgan fingerprint density at radius 3 is 2.93 bits per heavy atom. The number of aliphatic hydroxyl groups excluding tert-OH is 1. The second kappa shape index (κ2) is 7.49. The number of fused-ring (bicyclic) bond motifs is 2. The molecule has 1 aliphatic rings. The Kier molecular flexibility index (Phi) is 5.01. The average molecular weight is 420 g/mol. The van der Waals surface area contributed by atoms with Crippen LogP contribution in [0, 0.1) is 5.82 Å². The van der Waals surface area contributed by atoms with Gasteiger partial charge >= 0.3 is 0 Å². The van der Waals surface area contributed by atoms with Crippen LogP contribution in [0.15, 0.2) is 18.2 Å². The van der Waals surface area contributed by atoms with E-state index in [2.05, 4.69) is 15.2 Å². The van der Waals surface area contributed by atoms with Crippen LogP contribution in [0.3, 0.4) is 0 Å². The highest BCUT2D eigenvalue weighted by Gasteiger charge is 2.30. The first kappa shape index (κ1) is 19.4. The van der Waals surface area contributed by atoms with Crippen molar-refractivity contribution in [3.05, 3.63) is 51.7 Å². The van der Waals surface area contributed by atoms with Gasteiger partial charge in [-0.05, 0) is 18.2 Å². The molecule has 0 saturated heterocycles. The third-order valence-electron chi connectivity index (χ3n) is 5.10. The molecular formula is C19H19ClFN5O3. The minimum Gasteiger partial charge on any atom is -0.395 e. The molecule has 0 unspecified atom stereocenters. The summed E-state index contributed by atoms with van der Waals surface area (Å²) in [5.41, 5.74) is 2.63. The van der Waals surface area contributed by atoms with Crippen molar-refractivity contribution in [1.82, 2.24) is 25.0 Å². The lowest BCUT2D eigenvalue weighted by atomic mass is 10.0. The smallest absolute Gasteiger partial charge is 0.274 e. The molecule has 0 bridgehead atoms. The lowest BCUT2D eigenvalue weighted by Crippen LogP contribution is -2.37. The molecule has 0 radical (unpaired) electrons. The number of benzene rings is 1. The quantitative estimate of drug-likeness (QED) is 0.601.